The third kappa shape index (κ3) is 6.46. The molecule has 2 aliphatic rings. The molecule has 4 rings (SSSR count). The van der Waals surface area contributed by atoms with Crippen LogP contribution in [0.5, 0.6) is 0 Å². The molecule has 0 bridgehead atoms. The lowest BCUT2D eigenvalue weighted by atomic mass is 9.70. The fraction of sp³-hybridized carbons (Fsp3) is 0.552. The van der Waals surface area contributed by atoms with Crippen molar-refractivity contribution in [2.75, 3.05) is 6.54 Å². The molecule has 4 atom stereocenters. The zero-order valence-corrected chi connectivity index (χ0v) is 20.4. The summed E-state index contributed by atoms with van der Waals surface area (Å²) in [7, 11) is 0. The van der Waals surface area contributed by atoms with Gasteiger partial charge in [-0.15, -0.1) is 0 Å². The van der Waals surface area contributed by atoms with Crippen LogP contribution < -0.4 is 0 Å². The molecule has 0 radical (unpaired) electrons. The van der Waals surface area contributed by atoms with Crippen LogP contribution in [-0.4, -0.2) is 28.6 Å². The van der Waals surface area contributed by atoms with Gasteiger partial charge in [-0.3, -0.25) is 9.69 Å². The SMILES string of the molecule is CC(C(=O)O)[C@@H]1CC[C@@H](N(Cc2ccccc2)CC2CCCC2)[C@H](c2ccc(C(F)(F)F)cc2)C1. The highest BCUT2D eigenvalue weighted by Crippen LogP contribution is 2.44. The molecule has 0 saturated heterocycles. The Bertz CT molecular complexity index is 954. The summed E-state index contributed by atoms with van der Waals surface area (Å²) in [5, 5.41) is 9.64. The molecule has 2 fully saturated rings. The molecule has 6 heteroatoms. The van der Waals surface area contributed by atoms with Gasteiger partial charge in [-0.2, -0.15) is 13.2 Å². The van der Waals surface area contributed by atoms with E-state index in [2.05, 4.69) is 17.0 Å². The molecule has 0 amide bonds. The fourth-order valence-electron chi connectivity index (χ4n) is 6.22. The first-order chi connectivity index (χ1) is 16.7. The molecule has 35 heavy (non-hydrogen) atoms. The highest BCUT2D eigenvalue weighted by Gasteiger charge is 2.39. The third-order valence-electron chi connectivity index (χ3n) is 8.28. The van der Waals surface area contributed by atoms with Gasteiger partial charge in [0, 0.05) is 19.1 Å². The van der Waals surface area contributed by atoms with E-state index in [1.165, 1.54) is 43.4 Å². The van der Waals surface area contributed by atoms with Gasteiger partial charge in [-0.25, -0.2) is 0 Å². The van der Waals surface area contributed by atoms with Gasteiger partial charge in [0.25, 0.3) is 0 Å². The van der Waals surface area contributed by atoms with Gasteiger partial charge in [-0.05, 0) is 73.1 Å². The molecule has 3 nitrogen and oxygen atoms in total. The van der Waals surface area contributed by atoms with Crippen molar-refractivity contribution in [2.24, 2.45) is 17.8 Å². The minimum absolute atomic E-state index is 0.00273. The number of aliphatic carboxylic acids is 1. The molecule has 1 N–H and O–H groups in total. The summed E-state index contributed by atoms with van der Waals surface area (Å²) in [6, 6.07) is 16.1. The minimum atomic E-state index is -4.37. The lowest BCUT2D eigenvalue weighted by molar-refractivity contribution is -0.143. The van der Waals surface area contributed by atoms with Gasteiger partial charge in [0.1, 0.15) is 0 Å². The second-order valence-electron chi connectivity index (χ2n) is 10.6. The summed E-state index contributed by atoms with van der Waals surface area (Å²) >= 11 is 0. The number of rotatable bonds is 8. The summed E-state index contributed by atoms with van der Waals surface area (Å²) in [6.07, 6.45) is 2.96. The maximum absolute atomic E-state index is 13.2. The average molecular weight is 488 g/mol. The summed E-state index contributed by atoms with van der Waals surface area (Å²) < 4.78 is 39.7. The number of carbonyl (C=O) groups is 1. The van der Waals surface area contributed by atoms with Crippen molar-refractivity contribution in [1.29, 1.82) is 0 Å². The van der Waals surface area contributed by atoms with Gasteiger partial charge < -0.3 is 5.11 Å². The van der Waals surface area contributed by atoms with Gasteiger partial charge in [0.05, 0.1) is 11.5 Å². The van der Waals surface area contributed by atoms with E-state index in [9.17, 15) is 23.1 Å². The number of halogens is 3. The normalized spacial score (nSPS) is 24.5. The Morgan fingerprint density at radius 1 is 1.00 bits per heavy atom. The molecule has 2 aliphatic carbocycles. The predicted octanol–water partition coefficient (Wildman–Crippen LogP) is 7.37. The van der Waals surface area contributed by atoms with Crippen LogP contribution in [0.4, 0.5) is 13.2 Å². The van der Waals surface area contributed by atoms with E-state index >= 15 is 0 Å². The molecule has 1 unspecified atom stereocenters. The van der Waals surface area contributed by atoms with Gasteiger partial charge >= 0.3 is 12.1 Å². The van der Waals surface area contributed by atoms with Gasteiger partial charge in [0.15, 0.2) is 0 Å². The summed E-state index contributed by atoms with van der Waals surface area (Å²) in [4.78, 5) is 14.3. The molecule has 2 saturated carbocycles. The van der Waals surface area contributed by atoms with E-state index in [1.54, 1.807) is 19.1 Å². The van der Waals surface area contributed by atoms with Crippen molar-refractivity contribution in [1.82, 2.24) is 4.90 Å². The van der Waals surface area contributed by atoms with Gasteiger partial charge in [-0.1, -0.05) is 62.2 Å². The number of benzene rings is 2. The molecular formula is C29H36F3NO2. The molecule has 2 aromatic carbocycles. The monoisotopic (exact) mass is 487 g/mol. The fourth-order valence-corrected chi connectivity index (χ4v) is 6.22. The second kappa shape index (κ2) is 11.2. The molecule has 0 aromatic heterocycles. The Balaban J connectivity index is 1.65. The summed E-state index contributed by atoms with van der Waals surface area (Å²) in [5.41, 5.74) is 1.48. The van der Waals surface area contributed by atoms with Crippen LogP contribution in [0, 0.1) is 17.8 Å². The van der Waals surface area contributed by atoms with Crippen LogP contribution in [0.2, 0.25) is 0 Å². The molecule has 190 valence electrons. The standard InChI is InChI=1S/C29H36F3NO2/c1-20(28(34)35)24-13-16-27(26(17-24)23-11-14-25(15-12-23)29(30,31)32)33(19-22-9-5-6-10-22)18-21-7-3-2-4-8-21/h2-4,7-8,11-12,14-15,20,22,24,26-27H,5-6,9-10,13,16-19H2,1H3,(H,34,35)/t20?,24-,26+,27-/m1/s1. The Kier molecular flexibility index (Phi) is 8.20. The van der Waals surface area contributed by atoms with E-state index in [4.69, 9.17) is 0 Å². The number of alkyl halides is 3. The summed E-state index contributed by atoms with van der Waals surface area (Å²) in [5.74, 6) is -0.608. The van der Waals surface area contributed by atoms with Crippen LogP contribution in [0.25, 0.3) is 0 Å². The van der Waals surface area contributed by atoms with Crippen LogP contribution in [0.1, 0.15) is 74.5 Å². The van der Waals surface area contributed by atoms with E-state index in [-0.39, 0.29) is 17.9 Å². The first-order valence-electron chi connectivity index (χ1n) is 12.9. The number of hydrogen-bond acceptors (Lipinski definition) is 2. The van der Waals surface area contributed by atoms with E-state index < -0.39 is 23.6 Å². The van der Waals surface area contributed by atoms with Crippen molar-refractivity contribution in [3.63, 3.8) is 0 Å². The van der Waals surface area contributed by atoms with Crippen LogP contribution in [-0.2, 0) is 17.5 Å². The number of carboxylic acids is 1. The Hall–Kier alpha value is -2.34. The lowest BCUT2D eigenvalue weighted by Crippen LogP contribution is -2.45. The number of hydrogen-bond donors (Lipinski definition) is 1. The third-order valence-corrected chi connectivity index (χ3v) is 8.28. The van der Waals surface area contributed by atoms with Crippen molar-refractivity contribution in [2.45, 2.75) is 76.6 Å². The molecule has 0 aliphatic heterocycles. The van der Waals surface area contributed by atoms with Crippen molar-refractivity contribution < 1.29 is 23.1 Å². The highest BCUT2D eigenvalue weighted by atomic mass is 19.4. The molecule has 2 aromatic rings. The molecule has 0 spiro atoms. The Labute approximate surface area is 206 Å². The smallest absolute Gasteiger partial charge is 0.416 e. The Morgan fingerprint density at radius 3 is 2.26 bits per heavy atom. The van der Waals surface area contributed by atoms with Crippen molar-refractivity contribution in [3.8, 4) is 0 Å². The number of nitrogens with zero attached hydrogens (tertiary/aromatic N) is 1. The summed E-state index contributed by atoms with van der Waals surface area (Å²) in [6.45, 7) is 3.55. The zero-order valence-electron chi connectivity index (χ0n) is 20.4. The van der Waals surface area contributed by atoms with Crippen LogP contribution in [0.3, 0.4) is 0 Å². The lowest BCUT2D eigenvalue weighted by Gasteiger charge is -2.44. The minimum Gasteiger partial charge on any atom is -0.481 e. The highest BCUT2D eigenvalue weighted by molar-refractivity contribution is 5.69. The van der Waals surface area contributed by atoms with E-state index in [0.717, 1.165) is 31.5 Å². The van der Waals surface area contributed by atoms with E-state index in [0.29, 0.717) is 12.3 Å². The van der Waals surface area contributed by atoms with Crippen LogP contribution >= 0.6 is 0 Å². The van der Waals surface area contributed by atoms with Crippen molar-refractivity contribution in [3.05, 3.63) is 71.3 Å². The maximum Gasteiger partial charge on any atom is 0.416 e. The largest absolute Gasteiger partial charge is 0.481 e. The predicted molar refractivity (Wildman–Crippen MR) is 131 cm³/mol. The van der Waals surface area contributed by atoms with Crippen LogP contribution in [0.15, 0.2) is 54.6 Å². The number of carboxylic acid groups (broad SMARTS) is 1. The van der Waals surface area contributed by atoms with E-state index in [1.807, 2.05) is 18.2 Å². The molecule has 0 heterocycles. The Morgan fingerprint density at radius 2 is 1.66 bits per heavy atom. The first-order valence-corrected chi connectivity index (χ1v) is 12.9. The zero-order chi connectivity index (χ0) is 25.0. The van der Waals surface area contributed by atoms with Crippen molar-refractivity contribution >= 4 is 5.97 Å². The first kappa shape index (κ1) is 25.7. The second-order valence-corrected chi connectivity index (χ2v) is 10.6. The maximum atomic E-state index is 13.2. The van der Waals surface area contributed by atoms with Gasteiger partial charge in [0.2, 0.25) is 0 Å². The quantitative estimate of drug-likeness (QED) is 0.423. The average Bonchev–Trinajstić information content (AvgIpc) is 3.36. The topological polar surface area (TPSA) is 40.5 Å². The molecular weight excluding hydrogens is 451 g/mol.